The fourth-order valence-electron chi connectivity index (χ4n) is 3.62. The molecule has 2 heterocycles. The third kappa shape index (κ3) is 5.01. The number of hydrogen-bond acceptors (Lipinski definition) is 4. The van der Waals surface area contributed by atoms with Crippen LogP contribution in [-0.2, 0) is 14.8 Å². The number of benzene rings is 1. The number of carbonyl (C=O) groups excluding carboxylic acids is 1. The maximum atomic E-state index is 12.9. The summed E-state index contributed by atoms with van der Waals surface area (Å²) in [6.07, 6.45) is 1.99. The molecule has 28 heavy (non-hydrogen) atoms. The van der Waals surface area contributed by atoms with Crippen LogP contribution in [0.1, 0.15) is 44.7 Å². The molecule has 1 aliphatic rings. The third-order valence-electron chi connectivity index (χ3n) is 5.14. The van der Waals surface area contributed by atoms with Crippen molar-refractivity contribution in [3.63, 3.8) is 0 Å². The van der Waals surface area contributed by atoms with Crippen molar-refractivity contribution in [3.05, 3.63) is 53.4 Å². The Morgan fingerprint density at radius 2 is 1.82 bits per heavy atom. The summed E-state index contributed by atoms with van der Waals surface area (Å²) in [6, 6.07) is 13.4. The maximum Gasteiger partial charge on any atom is 0.252 e. The summed E-state index contributed by atoms with van der Waals surface area (Å²) < 4.78 is 27.2. The summed E-state index contributed by atoms with van der Waals surface area (Å²) in [6.45, 7) is 5.07. The van der Waals surface area contributed by atoms with Crippen LogP contribution in [0.4, 0.5) is 0 Å². The van der Waals surface area contributed by atoms with Crippen LogP contribution in [-0.4, -0.2) is 31.7 Å². The first-order valence-corrected chi connectivity index (χ1v) is 12.1. The van der Waals surface area contributed by atoms with Gasteiger partial charge in [0.2, 0.25) is 5.91 Å². The second-order valence-corrected chi connectivity index (χ2v) is 10.8. The van der Waals surface area contributed by atoms with Crippen molar-refractivity contribution >= 4 is 27.3 Å². The molecule has 0 radical (unpaired) electrons. The van der Waals surface area contributed by atoms with Crippen molar-refractivity contribution in [2.24, 2.45) is 11.8 Å². The lowest BCUT2D eigenvalue weighted by molar-refractivity contribution is -0.127. The smallest absolute Gasteiger partial charge is 0.252 e. The summed E-state index contributed by atoms with van der Waals surface area (Å²) >= 11 is 1.23. The zero-order chi connectivity index (χ0) is 20.1. The minimum absolute atomic E-state index is 0.0124. The Balaban J connectivity index is 1.61. The second-order valence-electron chi connectivity index (χ2n) is 7.71. The number of thiophene rings is 1. The van der Waals surface area contributed by atoms with E-state index in [4.69, 9.17) is 0 Å². The number of nitrogens with one attached hydrogen (secondary N) is 1. The lowest BCUT2D eigenvalue weighted by Crippen LogP contribution is -2.43. The van der Waals surface area contributed by atoms with Gasteiger partial charge in [-0.3, -0.25) is 4.79 Å². The highest BCUT2D eigenvalue weighted by atomic mass is 32.2. The molecule has 1 aromatic carbocycles. The first kappa shape index (κ1) is 21.0. The van der Waals surface area contributed by atoms with E-state index in [0.29, 0.717) is 36.1 Å². The van der Waals surface area contributed by atoms with Crippen LogP contribution in [0.25, 0.3) is 0 Å². The van der Waals surface area contributed by atoms with E-state index in [-0.39, 0.29) is 17.9 Å². The average Bonchev–Trinajstić information content (AvgIpc) is 3.23. The van der Waals surface area contributed by atoms with Crippen molar-refractivity contribution in [2.75, 3.05) is 13.1 Å². The van der Waals surface area contributed by atoms with Gasteiger partial charge in [-0.1, -0.05) is 50.2 Å². The highest BCUT2D eigenvalue weighted by Crippen LogP contribution is 2.28. The predicted molar refractivity (Wildman–Crippen MR) is 113 cm³/mol. The lowest BCUT2D eigenvalue weighted by Gasteiger charge is -2.31. The van der Waals surface area contributed by atoms with Gasteiger partial charge in [0, 0.05) is 19.0 Å². The van der Waals surface area contributed by atoms with E-state index in [2.05, 4.69) is 19.2 Å². The molecule has 5 nitrogen and oxygen atoms in total. The Bertz CT molecular complexity index is 856. The number of nitrogens with zero attached hydrogens (tertiary/aromatic N) is 1. The van der Waals surface area contributed by atoms with Gasteiger partial charge in [0.05, 0.1) is 6.04 Å². The normalized spacial score (nSPS) is 17.5. The standard InChI is InChI=1S/C21H28N2O3S2/c1-16(2)15-19(17-7-4-3-5-8-17)22-21(24)18-10-12-23(13-11-18)28(25,26)20-9-6-14-27-20/h3-9,14,16,18-19H,10-13,15H2,1-2H3,(H,22,24)/t19-/m1/s1. The van der Waals surface area contributed by atoms with E-state index in [9.17, 15) is 13.2 Å². The molecule has 0 saturated carbocycles. The molecule has 1 atom stereocenters. The van der Waals surface area contributed by atoms with Crippen LogP contribution < -0.4 is 5.32 Å². The van der Waals surface area contributed by atoms with E-state index in [1.54, 1.807) is 17.5 Å². The number of hydrogen-bond donors (Lipinski definition) is 1. The van der Waals surface area contributed by atoms with Crippen molar-refractivity contribution in [1.29, 1.82) is 0 Å². The van der Waals surface area contributed by atoms with Crippen molar-refractivity contribution in [2.45, 2.75) is 43.4 Å². The van der Waals surface area contributed by atoms with Crippen LogP contribution in [0.3, 0.4) is 0 Å². The molecule has 0 bridgehead atoms. The monoisotopic (exact) mass is 420 g/mol. The zero-order valence-corrected chi connectivity index (χ0v) is 18.0. The molecule has 0 spiro atoms. The molecule has 2 aromatic rings. The number of carbonyl (C=O) groups is 1. The second kappa shape index (κ2) is 9.20. The molecule has 7 heteroatoms. The summed E-state index contributed by atoms with van der Waals surface area (Å²) in [4.78, 5) is 12.9. The van der Waals surface area contributed by atoms with Crippen molar-refractivity contribution in [3.8, 4) is 0 Å². The summed E-state index contributed by atoms with van der Waals surface area (Å²) in [7, 11) is -3.43. The van der Waals surface area contributed by atoms with E-state index in [1.807, 2.05) is 30.3 Å². The molecule has 1 aromatic heterocycles. The van der Waals surface area contributed by atoms with E-state index < -0.39 is 10.0 Å². The van der Waals surface area contributed by atoms with Crippen molar-refractivity contribution < 1.29 is 13.2 Å². The molecule has 0 unspecified atom stereocenters. The van der Waals surface area contributed by atoms with Gasteiger partial charge < -0.3 is 5.32 Å². The van der Waals surface area contributed by atoms with Crippen LogP contribution in [0, 0.1) is 11.8 Å². The highest BCUT2D eigenvalue weighted by Gasteiger charge is 2.33. The molecule has 3 rings (SSSR count). The number of sulfonamides is 1. The molecular formula is C21H28N2O3S2. The maximum absolute atomic E-state index is 12.9. The van der Waals surface area contributed by atoms with E-state index in [1.165, 1.54) is 15.6 Å². The van der Waals surface area contributed by atoms with Crippen LogP contribution in [0.5, 0.6) is 0 Å². The molecule has 0 aliphatic carbocycles. The first-order chi connectivity index (χ1) is 13.4. The fraction of sp³-hybridized carbons (Fsp3) is 0.476. The Hall–Kier alpha value is -1.70. The number of rotatable bonds is 7. The number of piperidine rings is 1. The minimum atomic E-state index is -3.43. The quantitative estimate of drug-likeness (QED) is 0.735. The first-order valence-electron chi connectivity index (χ1n) is 9.77. The van der Waals surface area contributed by atoms with Gasteiger partial charge in [0.15, 0.2) is 0 Å². The third-order valence-corrected chi connectivity index (χ3v) is 8.41. The Morgan fingerprint density at radius 1 is 1.14 bits per heavy atom. The van der Waals surface area contributed by atoms with Gasteiger partial charge in [-0.15, -0.1) is 11.3 Å². The Kier molecular flexibility index (Phi) is 6.91. The molecular weight excluding hydrogens is 392 g/mol. The zero-order valence-electron chi connectivity index (χ0n) is 16.4. The predicted octanol–water partition coefficient (Wildman–Crippen LogP) is 4.05. The van der Waals surface area contributed by atoms with Gasteiger partial charge >= 0.3 is 0 Å². The SMILES string of the molecule is CC(C)C[C@@H](NC(=O)C1CCN(S(=O)(=O)c2cccs2)CC1)c1ccccc1. The molecule has 1 amide bonds. The Morgan fingerprint density at radius 3 is 2.39 bits per heavy atom. The van der Waals surface area contributed by atoms with Gasteiger partial charge in [0.1, 0.15) is 4.21 Å². The summed E-state index contributed by atoms with van der Waals surface area (Å²) in [5.41, 5.74) is 1.11. The minimum Gasteiger partial charge on any atom is -0.349 e. The molecule has 1 fully saturated rings. The molecule has 1 aliphatic heterocycles. The lowest BCUT2D eigenvalue weighted by atomic mass is 9.93. The Labute approximate surface area is 171 Å². The largest absolute Gasteiger partial charge is 0.349 e. The van der Waals surface area contributed by atoms with E-state index in [0.717, 1.165) is 12.0 Å². The van der Waals surface area contributed by atoms with Gasteiger partial charge in [-0.05, 0) is 42.2 Å². The van der Waals surface area contributed by atoms with E-state index >= 15 is 0 Å². The van der Waals surface area contributed by atoms with Gasteiger partial charge in [0.25, 0.3) is 10.0 Å². The fourth-order valence-corrected chi connectivity index (χ4v) is 6.23. The highest BCUT2D eigenvalue weighted by molar-refractivity contribution is 7.91. The summed E-state index contributed by atoms with van der Waals surface area (Å²) in [5.74, 6) is 0.346. The average molecular weight is 421 g/mol. The topological polar surface area (TPSA) is 66.5 Å². The van der Waals surface area contributed by atoms with Crippen molar-refractivity contribution in [1.82, 2.24) is 9.62 Å². The molecule has 152 valence electrons. The van der Waals surface area contributed by atoms with Gasteiger partial charge in [-0.25, -0.2) is 8.42 Å². The van der Waals surface area contributed by atoms with Crippen LogP contribution in [0.2, 0.25) is 0 Å². The summed E-state index contributed by atoms with van der Waals surface area (Å²) in [5, 5.41) is 4.98. The van der Waals surface area contributed by atoms with Gasteiger partial charge in [-0.2, -0.15) is 4.31 Å². The molecule has 1 N–H and O–H groups in total. The number of amides is 1. The van der Waals surface area contributed by atoms with Crippen LogP contribution in [0.15, 0.2) is 52.1 Å². The molecule has 1 saturated heterocycles. The van der Waals surface area contributed by atoms with Crippen LogP contribution >= 0.6 is 11.3 Å².